The number of rotatable bonds is 9. The highest BCUT2D eigenvalue weighted by atomic mass is 32.2. The Hall–Kier alpha value is -1.08. The predicted molar refractivity (Wildman–Crippen MR) is 119 cm³/mol. The topological polar surface area (TPSA) is 123 Å². The van der Waals surface area contributed by atoms with Gasteiger partial charge < -0.3 is 15.2 Å². The van der Waals surface area contributed by atoms with Crippen molar-refractivity contribution in [1.82, 2.24) is 14.3 Å². The molecule has 0 radical (unpaired) electrons. The lowest BCUT2D eigenvalue weighted by molar-refractivity contribution is -0.0225. The molecule has 0 aromatic carbocycles. The minimum atomic E-state index is -3.75. The molecule has 1 heterocycles. The van der Waals surface area contributed by atoms with E-state index in [2.05, 4.69) is 29.0 Å². The molecule has 1 amide bonds. The predicted octanol–water partition coefficient (Wildman–Crippen LogP) is 2.08. The van der Waals surface area contributed by atoms with E-state index in [1.807, 2.05) is 0 Å². The summed E-state index contributed by atoms with van der Waals surface area (Å²) in [6.45, 7) is 5.28. The molecular formula is C20H40F2N4O5S. The van der Waals surface area contributed by atoms with Crippen LogP contribution >= 0.6 is 0 Å². The van der Waals surface area contributed by atoms with Crippen LogP contribution in [-0.2, 0) is 19.7 Å². The third kappa shape index (κ3) is 8.69. The van der Waals surface area contributed by atoms with E-state index in [0.29, 0.717) is 18.3 Å². The maximum absolute atomic E-state index is 12.5. The van der Waals surface area contributed by atoms with Crippen LogP contribution in [0.5, 0.6) is 0 Å². The summed E-state index contributed by atoms with van der Waals surface area (Å²) >= 11 is 0. The van der Waals surface area contributed by atoms with Gasteiger partial charge in [-0.1, -0.05) is 13.8 Å². The number of ether oxygens (including phenoxy) is 2. The van der Waals surface area contributed by atoms with Crippen molar-refractivity contribution in [2.24, 2.45) is 17.6 Å². The minimum Gasteiger partial charge on any atom is -0.443 e. The summed E-state index contributed by atoms with van der Waals surface area (Å²) in [4.78, 5) is 13.8. The van der Waals surface area contributed by atoms with Crippen LogP contribution < -0.4 is 15.2 Å². The largest absolute Gasteiger partial charge is 0.443 e. The zero-order chi connectivity index (χ0) is 24.5. The molecule has 32 heavy (non-hydrogen) atoms. The van der Waals surface area contributed by atoms with Crippen molar-refractivity contribution in [1.29, 1.82) is 0 Å². The molecule has 2 fully saturated rings. The third-order valence-corrected chi connectivity index (χ3v) is 7.33. The maximum atomic E-state index is 12.5. The number of carbonyl (C=O) groups excluding carboxylic acids is 1. The Morgan fingerprint density at radius 2 is 1.78 bits per heavy atom. The zero-order valence-corrected chi connectivity index (χ0v) is 20.5. The second kappa shape index (κ2) is 13.6. The Balaban J connectivity index is 0.00000249. The Morgan fingerprint density at radius 3 is 2.28 bits per heavy atom. The molecule has 2 rings (SSSR count). The number of nitrogens with zero attached hydrogens (tertiary/aromatic N) is 1. The number of hydrogen-bond acceptors (Lipinski definition) is 6. The highest BCUT2D eigenvalue weighted by Crippen LogP contribution is 2.32. The van der Waals surface area contributed by atoms with Crippen LogP contribution in [0.15, 0.2) is 0 Å². The van der Waals surface area contributed by atoms with Gasteiger partial charge in [-0.05, 0) is 57.9 Å². The number of hydrogen-bond donors (Lipinski definition) is 3. The lowest BCUT2D eigenvalue weighted by Gasteiger charge is -2.34. The number of nitrogens with one attached hydrogen (secondary N) is 2. The van der Waals surface area contributed by atoms with Crippen molar-refractivity contribution < 1.29 is 31.5 Å². The molecular weight excluding hydrogens is 446 g/mol. The van der Waals surface area contributed by atoms with Gasteiger partial charge in [0.2, 0.25) is 0 Å². The normalized spacial score (nSPS) is 28.6. The number of alkyl halides is 2. The van der Waals surface area contributed by atoms with Gasteiger partial charge in [0.25, 0.3) is 16.6 Å². The quantitative estimate of drug-likeness (QED) is 0.459. The summed E-state index contributed by atoms with van der Waals surface area (Å²) in [5, 5.41) is 0. The number of halogens is 2. The van der Waals surface area contributed by atoms with Crippen molar-refractivity contribution in [3.63, 3.8) is 0 Å². The van der Waals surface area contributed by atoms with Gasteiger partial charge >= 0.3 is 6.09 Å². The molecule has 2 aliphatic rings. The van der Waals surface area contributed by atoms with Gasteiger partial charge in [0.15, 0.2) is 6.61 Å². The van der Waals surface area contributed by atoms with E-state index in [-0.39, 0.29) is 18.8 Å². The summed E-state index contributed by atoms with van der Waals surface area (Å²) in [6.07, 6.45) is 0.679. The average Bonchev–Trinajstić information content (AvgIpc) is 3.06. The summed E-state index contributed by atoms with van der Waals surface area (Å²) in [5.41, 5.74) is 4.50. The molecule has 1 saturated heterocycles. The fraction of sp³-hybridized carbons (Fsp3) is 0.950. The van der Waals surface area contributed by atoms with Gasteiger partial charge in [-0.2, -0.15) is 13.1 Å². The first-order valence-electron chi connectivity index (χ1n) is 11.2. The van der Waals surface area contributed by atoms with Crippen molar-refractivity contribution in [2.75, 3.05) is 27.3 Å². The summed E-state index contributed by atoms with van der Waals surface area (Å²) in [7, 11) is -0.963. The highest BCUT2D eigenvalue weighted by molar-refractivity contribution is 7.87. The summed E-state index contributed by atoms with van der Waals surface area (Å²) in [5.74, 6) is 1.30. The first-order chi connectivity index (χ1) is 15.0. The zero-order valence-electron chi connectivity index (χ0n) is 19.7. The van der Waals surface area contributed by atoms with Gasteiger partial charge in [-0.15, -0.1) is 0 Å². The lowest BCUT2D eigenvalue weighted by Crippen LogP contribution is -2.52. The molecule has 0 aromatic rings. The fourth-order valence-corrected chi connectivity index (χ4v) is 5.19. The highest BCUT2D eigenvalue weighted by Gasteiger charge is 2.44. The SMILES string of the molecule is CN.CNS(=O)(=O)N[C@H]1C[C@@H](C)N(C(=O)OCC(F)F)[C@H]1COC1CCC(C(C)C)CC1. The molecule has 1 saturated carbocycles. The van der Waals surface area contributed by atoms with Crippen LogP contribution in [-0.4, -0.2) is 77.4 Å². The van der Waals surface area contributed by atoms with E-state index in [1.54, 1.807) is 6.92 Å². The standard InChI is InChI=1S/C19H35F2N3O5S.CH5N/c1-12(2)14-5-7-15(8-6-14)28-10-17-16(23-30(26,27)22-4)9-13(3)24(17)19(25)29-11-18(20)21;1-2/h12-18,22-23H,5-11H2,1-4H3;2H2,1H3/t13-,14?,15?,16+,17+;/m1./s1. The van der Waals surface area contributed by atoms with E-state index in [4.69, 9.17) is 9.47 Å². The summed E-state index contributed by atoms with van der Waals surface area (Å²) in [6, 6.07) is -1.63. The molecule has 0 aromatic heterocycles. The number of likely N-dealkylation sites (tertiary alicyclic amines) is 1. The smallest absolute Gasteiger partial charge is 0.410 e. The van der Waals surface area contributed by atoms with E-state index < -0.39 is 41.4 Å². The molecule has 0 spiro atoms. The molecule has 190 valence electrons. The van der Waals surface area contributed by atoms with Gasteiger partial charge in [0.05, 0.1) is 18.8 Å². The van der Waals surface area contributed by atoms with Crippen molar-refractivity contribution in [2.45, 2.75) is 83.5 Å². The third-order valence-electron chi connectivity index (χ3n) is 6.17. The van der Waals surface area contributed by atoms with Crippen molar-refractivity contribution >= 4 is 16.3 Å². The van der Waals surface area contributed by atoms with E-state index in [1.165, 1.54) is 19.0 Å². The van der Waals surface area contributed by atoms with E-state index >= 15 is 0 Å². The van der Waals surface area contributed by atoms with Crippen molar-refractivity contribution in [3.05, 3.63) is 0 Å². The Labute approximate surface area is 190 Å². The monoisotopic (exact) mass is 486 g/mol. The van der Waals surface area contributed by atoms with Gasteiger partial charge in [0, 0.05) is 19.1 Å². The molecule has 0 unspecified atom stereocenters. The minimum absolute atomic E-state index is 0.0383. The first kappa shape index (κ1) is 29.0. The lowest BCUT2D eigenvalue weighted by atomic mass is 9.80. The molecule has 4 N–H and O–H groups in total. The molecule has 12 heteroatoms. The summed E-state index contributed by atoms with van der Waals surface area (Å²) < 4.78 is 64.5. The molecule has 1 aliphatic carbocycles. The van der Waals surface area contributed by atoms with Gasteiger partial charge in [0.1, 0.15) is 0 Å². The van der Waals surface area contributed by atoms with Crippen LogP contribution in [0.25, 0.3) is 0 Å². The van der Waals surface area contributed by atoms with Crippen LogP contribution in [0.1, 0.15) is 52.9 Å². The van der Waals surface area contributed by atoms with Crippen LogP contribution in [0.3, 0.4) is 0 Å². The Bertz CT molecular complexity index is 660. The number of nitrogens with two attached hydrogens (primary N) is 1. The average molecular weight is 487 g/mol. The molecule has 1 aliphatic heterocycles. The Kier molecular flexibility index (Phi) is 12.3. The first-order valence-corrected chi connectivity index (χ1v) is 12.7. The molecule has 0 bridgehead atoms. The molecule has 3 atom stereocenters. The van der Waals surface area contributed by atoms with Crippen LogP contribution in [0.2, 0.25) is 0 Å². The van der Waals surface area contributed by atoms with Gasteiger partial charge in [-0.25, -0.2) is 18.3 Å². The van der Waals surface area contributed by atoms with E-state index in [0.717, 1.165) is 25.7 Å². The van der Waals surface area contributed by atoms with Crippen LogP contribution in [0, 0.1) is 11.8 Å². The fourth-order valence-electron chi connectivity index (χ4n) is 4.42. The number of carbonyl (C=O) groups is 1. The van der Waals surface area contributed by atoms with Gasteiger partial charge in [-0.3, -0.25) is 4.90 Å². The Morgan fingerprint density at radius 1 is 1.19 bits per heavy atom. The number of amides is 1. The van der Waals surface area contributed by atoms with Crippen LogP contribution in [0.4, 0.5) is 13.6 Å². The second-order valence-corrected chi connectivity index (χ2v) is 10.2. The molecule has 9 nitrogen and oxygen atoms in total. The van der Waals surface area contributed by atoms with E-state index in [9.17, 15) is 22.0 Å². The second-order valence-electron chi connectivity index (χ2n) is 8.57. The maximum Gasteiger partial charge on any atom is 0.410 e. The van der Waals surface area contributed by atoms with Crippen molar-refractivity contribution in [3.8, 4) is 0 Å².